The van der Waals surface area contributed by atoms with Crippen molar-refractivity contribution < 1.29 is 19.2 Å². The number of hydrogen-bond acceptors (Lipinski definition) is 6. The third kappa shape index (κ3) is 3.74. The van der Waals surface area contributed by atoms with E-state index in [1.54, 1.807) is 37.3 Å². The summed E-state index contributed by atoms with van der Waals surface area (Å²) in [5.41, 5.74) is 3.60. The second-order valence-electron chi connectivity index (χ2n) is 5.34. The molecule has 1 unspecified atom stereocenters. The van der Waals surface area contributed by atoms with E-state index in [1.807, 2.05) is 6.07 Å². The van der Waals surface area contributed by atoms with Crippen LogP contribution in [-0.4, -0.2) is 29.3 Å². The molecule has 1 atom stereocenters. The summed E-state index contributed by atoms with van der Waals surface area (Å²) in [6, 6.07) is 13.0. The number of nitrogens with zero attached hydrogens (tertiary/aromatic N) is 2. The lowest BCUT2D eigenvalue weighted by atomic mass is 10.1. The number of amides is 1. The molecule has 0 bridgehead atoms. The summed E-state index contributed by atoms with van der Waals surface area (Å²) >= 11 is 0. The molecule has 3 rings (SSSR count). The highest BCUT2D eigenvalue weighted by atomic mass is 16.6. The van der Waals surface area contributed by atoms with Gasteiger partial charge in [0, 0.05) is 12.1 Å². The molecule has 128 valence electrons. The van der Waals surface area contributed by atoms with E-state index >= 15 is 0 Å². The van der Waals surface area contributed by atoms with Crippen molar-refractivity contribution in [1.29, 1.82) is 0 Å². The number of hydrogen-bond donors (Lipinski definition) is 1. The van der Waals surface area contributed by atoms with Crippen LogP contribution < -0.4 is 14.9 Å². The number of non-ortho nitro benzene ring substituents is 1. The van der Waals surface area contributed by atoms with Gasteiger partial charge in [-0.1, -0.05) is 12.1 Å². The van der Waals surface area contributed by atoms with E-state index in [4.69, 9.17) is 9.47 Å². The summed E-state index contributed by atoms with van der Waals surface area (Å²) in [6.07, 6.45) is -0.802. The first-order chi connectivity index (χ1) is 12.0. The molecule has 0 fully saturated rings. The first-order valence-corrected chi connectivity index (χ1v) is 7.52. The molecule has 0 aliphatic carbocycles. The number of para-hydroxylation sites is 2. The lowest BCUT2D eigenvalue weighted by molar-refractivity contribution is -0.384. The summed E-state index contributed by atoms with van der Waals surface area (Å²) in [5, 5.41) is 14.7. The molecule has 8 heteroatoms. The number of nitro groups is 1. The van der Waals surface area contributed by atoms with Crippen LogP contribution in [0.25, 0.3) is 0 Å². The Morgan fingerprint density at radius 2 is 1.88 bits per heavy atom. The first-order valence-electron chi connectivity index (χ1n) is 7.52. The van der Waals surface area contributed by atoms with Crippen LogP contribution >= 0.6 is 0 Å². The monoisotopic (exact) mass is 341 g/mol. The van der Waals surface area contributed by atoms with Gasteiger partial charge in [-0.3, -0.25) is 14.9 Å². The number of nitro benzene ring substituents is 1. The van der Waals surface area contributed by atoms with Crippen molar-refractivity contribution in [3.05, 3.63) is 64.2 Å². The fourth-order valence-electron chi connectivity index (χ4n) is 2.25. The molecule has 25 heavy (non-hydrogen) atoms. The molecule has 8 nitrogen and oxygen atoms in total. The highest BCUT2D eigenvalue weighted by molar-refractivity contribution is 5.99. The third-order valence-corrected chi connectivity index (χ3v) is 3.63. The van der Waals surface area contributed by atoms with Crippen LogP contribution in [0.3, 0.4) is 0 Å². The quantitative estimate of drug-likeness (QED) is 0.522. The molecule has 1 N–H and O–H groups in total. The average Bonchev–Trinajstić information content (AvgIpc) is 2.65. The molecule has 1 heterocycles. The Kier molecular flexibility index (Phi) is 4.60. The number of benzene rings is 2. The Morgan fingerprint density at radius 1 is 1.20 bits per heavy atom. The number of ether oxygens (including phenoxy) is 2. The second-order valence-corrected chi connectivity index (χ2v) is 5.34. The molecule has 0 saturated carbocycles. The SMILES string of the molecule is C/C(=N/NC(=O)C1COc2ccccc2O1)c1ccc([N+](=O)[O-])cc1. The van der Waals surface area contributed by atoms with E-state index in [1.165, 1.54) is 12.1 Å². The number of nitrogens with one attached hydrogen (secondary N) is 1. The maximum Gasteiger partial charge on any atom is 0.284 e. The summed E-state index contributed by atoms with van der Waals surface area (Å²) < 4.78 is 11.1. The van der Waals surface area contributed by atoms with Crippen molar-refractivity contribution in [1.82, 2.24) is 5.43 Å². The minimum atomic E-state index is -0.802. The lowest BCUT2D eigenvalue weighted by Crippen LogP contribution is -2.42. The molecule has 1 aliphatic heterocycles. The molecular formula is C17H15N3O5. The van der Waals surface area contributed by atoms with Gasteiger partial charge in [0.1, 0.15) is 6.61 Å². The zero-order chi connectivity index (χ0) is 17.8. The highest BCUT2D eigenvalue weighted by Crippen LogP contribution is 2.30. The minimum absolute atomic E-state index is 0.00740. The van der Waals surface area contributed by atoms with Gasteiger partial charge < -0.3 is 9.47 Å². The largest absolute Gasteiger partial charge is 0.485 e. The number of hydrazone groups is 1. The predicted octanol–water partition coefficient (Wildman–Crippen LogP) is 2.28. The van der Waals surface area contributed by atoms with Crippen LogP contribution in [0.15, 0.2) is 53.6 Å². The van der Waals surface area contributed by atoms with Crippen molar-refractivity contribution in [2.24, 2.45) is 5.10 Å². The van der Waals surface area contributed by atoms with Gasteiger partial charge >= 0.3 is 0 Å². The molecule has 0 aromatic heterocycles. The second kappa shape index (κ2) is 7.00. The van der Waals surface area contributed by atoms with Crippen molar-refractivity contribution in [2.75, 3.05) is 6.61 Å². The van der Waals surface area contributed by atoms with E-state index in [0.717, 1.165) is 0 Å². The minimum Gasteiger partial charge on any atom is -0.485 e. The molecule has 2 aromatic carbocycles. The summed E-state index contributed by atoms with van der Waals surface area (Å²) in [7, 11) is 0. The number of carbonyl (C=O) groups is 1. The van der Waals surface area contributed by atoms with Gasteiger partial charge in [0.25, 0.3) is 11.6 Å². The standard InChI is InChI=1S/C17H15N3O5/c1-11(12-6-8-13(9-7-12)20(22)23)18-19-17(21)16-10-24-14-4-2-3-5-15(14)25-16/h2-9,16H,10H2,1H3,(H,19,21)/b18-11-. The van der Waals surface area contributed by atoms with Crippen LogP contribution in [0.2, 0.25) is 0 Å². The van der Waals surface area contributed by atoms with Crippen molar-refractivity contribution >= 4 is 17.3 Å². The smallest absolute Gasteiger partial charge is 0.284 e. The lowest BCUT2D eigenvalue weighted by Gasteiger charge is -2.24. The van der Waals surface area contributed by atoms with E-state index in [0.29, 0.717) is 22.8 Å². The number of rotatable bonds is 4. The van der Waals surface area contributed by atoms with Gasteiger partial charge in [0.05, 0.1) is 10.6 Å². The van der Waals surface area contributed by atoms with Gasteiger partial charge in [0.15, 0.2) is 11.5 Å². The Labute approximate surface area is 143 Å². The molecule has 0 radical (unpaired) electrons. The molecule has 0 saturated heterocycles. The topological polar surface area (TPSA) is 103 Å². The average molecular weight is 341 g/mol. The van der Waals surface area contributed by atoms with E-state index in [2.05, 4.69) is 10.5 Å². The fourth-order valence-corrected chi connectivity index (χ4v) is 2.25. The van der Waals surface area contributed by atoms with Crippen LogP contribution in [0.5, 0.6) is 11.5 Å². The molecule has 1 aliphatic rings. The molecule has 0 spiro atoms. The summed E-state index contributed by atoms with van der Waals surface area (Å²) in [4.78, 5) is 22.4. The number of fused-ring (bicyclic) bond motifs is 1. The zero-order valence-electron chi connectivity index (χ0n) is 13.3. The summed E-state index contributed by atoms with van der Waals surface area (Å²) in [5.74, 6) is 0.665. The zero-order valence-corrected chi connectivity index (χ0v) is 13.3. The van der Waals surface area contributed by atoms with E-state index in [-0.39, 0.29) is 12.3 Å². The van der Waals surface area contributed by atoms with Crippen LogP contribution in [0.1, 0.15) is 12.5 Å². The Bertz CT molecular complexity index is 832. The van der Waals surface area contributed by atoms with E-state index in [9.17, 15) is 14.9 Å². The third-order valence-electron chi connectivity index (χ3n) is 3.63. The molecule has 2 aromatic rings. The maximum absolute atomic E-state index is 12.2. The van der Waals surface area contributed by atoms with Gasteiger partial charge in [0.2, 0.25) is 6.10 Å². The Morgan fingerprint density at radius 3 is 2.56 bits per heavy atom. The summed E-state index contributed by atoms with van der Waals surface area (Å²) in [6.45, 7) is 1.78. The molecule has 1 amide bonds. The van der Waals surface area contributed by atoms with E-state index < -0.39 is 16.9 Å². The van der Waals surface area contributed by atoms with Crippen LogP contribution in [0, 0.1) is 10.1 Å². The van der Waals surface area contributed by atoms with Crippen molar-refractivity contribution in [2.45, 2.75) is 13.0 Å². The Balaban J connectivity index is 1.63. The Hall–Kier alpha value is -3.42. The van der Waals surface area contributed by atoms with Crippen molar-refractivity contribution in [3.63, 3.8) is 0 Å². The first kappa shape index (κ1) is 16.4. The fraction of sp³-hybridized carbons (Fsp3) is 0.176. The molecular weight excluding hydrogens is 326 g/mol. The highest BCUT2D eigenvalue weighted by Gasteiger charge is 2.27. The normalized spacial score (nSPS) is 16.2. The van der Waals surface area contributed by atoms with Gasteiger partial charge in [-0.05, 0) is 36.8 Å². The van der Waals surface area contributed by atoms with Gasteiger partial charge in [-0.2, -0.15) is 5.10 Å². The van der Waals surface area contributed by atoms with Crippen molar-refractivity contribution in [3.8, 4) is 11.5 Å². The maximum atomic E-state index is 12.2. The number of carbonyl (C=O) groups excluding carboxylic acids is 1. The van der Waals surface area contributed by atoms with Gasteiger partial charge in [-0.15, -0.1) is 0 Å². The van der Waals surface area contributed by atoms with Gasteiger partial charge in [-0.25, -0.2) is 5.43 Å². The predicted molar refractivity (Wildman–Crippen MR) is 89.8 cm³/mol. The van der Waals surface area contributed by atoms with Crippen LogP contribution in [0.4, 0.5) is 5.69 Å². The van der Waals surface area contributed by atoms with Crippen LogP contribution in [-0.2, 0) is 4.79 Å².